The number of oxazole rings is 1. The van der Waals surface area contributed by atoms with E-state index >= 15 is 0 Å². The number of nitrogens with one attached hydrogen (secondary N) is 1. The second-order valence-electron chi connectivity index (χ2n) is 7.64. The van der Waals surface area contributed by atoms with Crippen molar-refractivity contribution in [3.8, 4) is 11.4 Å². The molecule has 0 saturated carbocycles. The average Bonchev–Trinajstić information content (AvgIpc) is 3.45. The van der Waals surface area contributed by atoms with Crippen LogP contribution >= 0.6 is 11.8 Å². The third kappa shape index (κ3) is 5.61. The molecule has 0 bridgehead atoms. The van der Waals surface area contributed by atoms with Gasteiger partial charge in [-0.25, -0.2) is 4.98 Å². The number of ether oxygens (including phenoxy) is 1. The predicted octanol–water partition coefficient (Wildman–Crippen LogP) is 4.29. The predicted molar refractivity (Wildman–Crippen MR) is 126 cm³/mol. The van der Waals surface area contributed by atoms with Gasteiger partial charge in [-0.2, -0.15) is 0 Å². The number of rotatable bonds is 9. The fourth-order valence-electron chi connectivity index (χ4n) is 3.22. The van der Waals surface area contributed by atoms with Gasteiger partial charge < -0.3 is 14.5 Å². The third-order valence-corrected chi connectivity index (χ3v) is 5.68. The fourth-order valence-corrected chi connectivity index (χ4v) is 4.04. The summed E-state index contributed by atoms with van der Waals surface area (Å²) in [5, 5.41) is 12.4. The third-order valence-electron chi connectivity index (χ3n) is 4.76. The molecule has 0 radical (unpaired) electrons. The lowest BCUT2D eigenvalue weighted by molar-refractivity contribution is 0.0938. The topological polar surface area (TPSA) is 95.1 Å². The summed E-state index contributed by atoms with van der Waals surface area (Å²) < 4.78 is 12.8. The Hall–Kier alpha value is -3.59. The molecule has 2 heterocycles. The van der Waals surface area contributed by atoms with E-state index < -0.39 is 0 Å². The Balaban J connectivity index is 1.57. The van der Waals surface area contributed by atoms with Crippen molar-refractivity contribution in [3.63, 3.8) is 0 Å². The highest BCUT2D eigenvalue weighted by atomic mass is 32.2. The molecular formula is C24H25N5O3S. The number of thioether (sulfide) groups is 1. The molecule has 9 heteroatoms. The Morgan fingerprint density at radius 3 is 2.58 bits per heavy atom. The number of benzene rings is 2. The van der Waals surface area contributed by atoms with E-state index in [1.807, 2.05) is 60.9 Å². The summed E-state index contributed by atoms with van der Waals surface area (Å²) in [7, 11) is 1.64. The van der Waals surface area contributed by atoms with E-state index in [9.17, 15) is 4.79 Å². The summed E-state index contributed by atoms with van der Waals surface area (Å²) in [6.45, 7) is 3.79. The van der Waals surface area contributed by atoms with Crippen molar-refractivity contribution in [2.45, 2.75) is 37.2 Å². The first-order valence-corrected chi connectivity index (χ1v) is 11.5. The number of amides is 1. The number of methoxy groups -OCH3 is 1. The van der Waals surface area contributed by atoms with E-state index in [1.54, 1.807) is 7.11 Å². The first-order valence-electron chi connectivity index (χ1n) is 10.5. The van der Waals surface area contributed by atoms with Gasteiger partial charge in [0.05, 0.1) is 12.9 Å². The van der Waals surface area contributed by atoms with E-state index in [0.29, 0.717) is 23.2 Å². The summed E-state index contributed by atoms with van der Waals surface area (Å²) in [6, 6.07) is 17.9. The lowest BCUT2D eigenvalue weighted by atomic mass is 10.1. The molecule has 0 spiro atoms. The molecule has 0 aliphatic carbocycles. The van der Waals surface area contributed by atoms with Gasteiger partial charge in [-0.15, -0.1) is 10.2 Å². The van der Waals surface area contributed by atoms with E-state index in [4.69, 9.17) is 9.15 Å². The highest BCUT2D eigenvalue weighted by Gasteiger charge is 2.18. The zero-order valence-corrected chi connectivity index (χ0v) is 19.5. The minimum atomic E-state index is -0.253. The zero-order valence-electron chi connectivity index (χ0n) is 18.7. The van der Waals surface area contributed by atoms with Crippen molar-refractivity contribution < 1.29 is 13.9 Å². The molecule has 0 saturated heterocycles. The van der Waals surface area contributed by atoms with Gasteiger partial charge >= 0.3 is 0 Å². The van der Waals surface area contributed by atoms with Crippen molar-refractivity contribution in [3.05, 3.63) is 83.8 Å². The largest absolute Gasteiger partial charge is 0.497 e. The van der Waals surface area contributed by atoms with Crippen LogP contribution in [-0.2, 0) is 12.2 Å². The van der Waals surface area contributed by atoms with Crippen LogP contribution in [0.4, 0.5) is 0 Å². The summed E-state index contributed by atoms with van der Waals surface area (Å²) in [6.07, 6.45) is 2.02. The molecule has 4 aromatic rings. The van der Waals surface area contributed by atoms with Gasteiger partial charge in [0.25, 0.3) is 5.91 Å². The maximum absolute atomic E-state index is 12.1. The van der Waals surface area contributed by atoms with E-state index in [1.165, 1.54) is 18.0 Å². The average molecular weight is 464 g/mol. The minimum Gasteiger partial charge on any atom is -0.497 e. The Labute approximate surface area is 196 Å². The van der Waals surface area contributed by atoms with Crippen molar-refractivity contribution in [2.75, 3.05) is 7.11 Å². The lowest BCUT2D eigenvalue weighted by Gasteiger charge is -2.11. The normalized spacial score (nSPS) is 11.0. The SMILES string of the molecule is COc1ccc(-n2c(Cc3ccccc3)nnc2SCc2nc(C(=O)NC(C)C)co2)cc1. The van der Waals surface area contributed by atoms with Crippen LogP contribution in [0.25, 0.3) is 5.69 Å². The van der Waals surface area contributed by atoms with Crippen molar-refractivity contribution in [1.82, 2.24) is 25.1 Å². The Morgan fingerprint density at radius 1 is 1.12 bits per heavy atom. The standard InChI is InChI=1S/C24H25N5O3S/c1-16(2)25-23(30)20-14-32-22(26-20)15-33-24-28-27-21(13-17-7-5-4-6-8-17)29(24)18-9-11-19(31-3)12-10-18/h4-12,14,16H,13,15H2,1-3H3,(H,25,30). The molecule has 4 rings (SSSR count). The molecule has 0 aliphatic heterocycles. The Kier molecular flexibility index (Phi) is 7.09. The van der Waals surface area contributed by atoms with Gasteiger partial charge in [0, 0.05) is 18.2 Å². The molecule has 33 heavy (non-hydrogen) atoms. The lowest BCUT2D eigenvalue weighted by Crippen LogP contribution is -2.30. The Bertz CT molecular complexity index is 1200. The molecule has 170 valence electrons. The van der Waals surface area contributed by atoms with Gasteiger partial charge in [-0.1, -0.05) is 42.1 Å². The molecule has 0 atom stereocenters. The van der Waals surface area contributed by atoms with Crippen LogP contribution in [0.3, 0.4) is 0 Å². The number of carbonyl (C=O) groups is 1. The van der Waals surface area contributed by atoms with Crippen LogP contribution in [0.2, 0.25) is 0 Å². The van der Waals surface area contributed by atoms with Gasteiger partial charge in [-0.05, 0) is 43.7 Å². The van der Waals surface area contributed by atoms with Crippen LogP contribution in [0.1, 0.15) is 41.6 Å². The molecule has 2 aromatic heterocycles. The molecule has 2 aromatic carbocycles. The minimum absolute atomic E-state index is 0.0260. The van der Waals surface area contributed by atoms with E-state index in [-0.39, 0.29) is 17.6 Å². The van der Waals surface area contributed by atoms with Crippen LogP contribution in [0, 0.1) is 0 Å². The van der Waals surface area contributed by atoms with Crippen LogP contribution in [-0.4, -0.2) is 38.8 Å². The van der Waals surface area contributed by atoms with Gasteiger partial charge in [0.2, 0.25) is 5.89 Å². The second-order valence-corrected chi connectivity index (χ2v) is 8.58. The summed E-state index contributed by atoms with van der Waals surface area (Å²) in [5.41, 5.74) is 2.34. The van der Waals surface area contributed by atoms with Gasteiger partial charge in [-0.3, -0.25) is 9.36 Å². The quantitative estimate of drug-likeness (QED) is 0.370. The second kappa shape index (κ2) is 10.4. The van der Waals surface area contributed by atoms with Crippen LogP contribution < -0.4 is 10.1 Å². The Morgan fingerprint density at radius 2 is 1.88 bits per heavy atom. The van der Waals surface area contributed by atoms with Crippen molar-refractivity contribution in [2.24, 2.45) is 0 Å². The van der Waals surface area contributed by atoms with Crippen LogP contribution in [0.5, 0.6) is 5.75 Å². The monoisotopic (exact) mass is 463 g/mol. The molecule has 1 N–H and O–H groups in total. The molecular weight excluding hydrogens is 438 g/mol. The number of aromatic nitrogens is 4. The first-order chi connectivity index (χ1) is 16.0. The molecule has 0 aliphatic rings. The van der Waals surface area contributed by atoms with Gasteiger partial charge in [0.15, 0.2) is 10.9 Å². The number of carbonyl (C=O) groups excluding carboxylic acids is 1. The fraction of sp³-hybridized carbons (Fsp3) is 0.250. The maximum Gasteiger partial charge on any atom is 0.273 e. The molecule has 1 amide bonds. The van der Waals surface area contributed by atoms with E-state index in [2.05, 4.69) is 32.6 Å². The van der Waals surface area contributed by atoms with Crippen LogP contribution in [0.15, 0.2) is 70.4 Å². The maximum atomic E-state index is 12.1. The highest BCUT2D eigenvalue weighted by molar-refractivity contribution is 7.98. The summed E-state index contributed by atoms with van der Waals surface area (Å²) in [5.74, 6) is 2.20. The van der Waals surface area contributed by atoms with E-state index in [0.717, 1.165) is 22.8 Å². The highest BCUT2D eigenvalue weighted by Crippen LogP contribution is 2.27. The summed E-state index contributed by atoms with van der Waals surface area (Å²) in [4.78, 5) is 16.4. The first kappa shape index (κ1) is 22.6. The smallest absolute Gasteiger partial charge is 0.273 e. The number of hydrogen-bond acceptors (Lipinski definition) is 7. The molecule has 0 unspecified atom stereocenters. The van der Waals surface area contributed by atoms with Gasteiger partial charge in [0.1, 0.15) is 17.8 Å². The summed E-state index contributed by atoms with van der Waals surface area (Å²) >= 11 is 1.45. The number of hydrogen-bond donors (Lipinski definition) is 1. The zero-order chi connectivity index (χ0) is 23.2. The van der Waals surface area contributed by atoms with Crippen molar-refractivity contribution in [1.29, 1.82) is 0 Å². The molecule has 0 fully saturated rings. The molecule has 8 nitrogen and oxygen atoms in total. The number of nitrogens with zero attached hydrogens (tertiary/aromatic N) is 4. The van der Waals surface area contributed by atoms with Crippen molar-refractivity contribution >= 4 is 17.7 Å².